The SMILES string of the molecule is COc1c(C)c(C=O)oc(=O)c1C. The highest BCUT2D eigenvalue weighted by molar-refractivity contribution is 5.74. The molecule has 0 spiro atoms. The van der Waals surface area contributed by atoms with Crippen LogP contribution in [0.2, 0.25) is 0 Å². The number of hydrogen-bond acceptors (Lipinski definition) is 4. The maximum atomic E-state index is 11.1. The molecule has 0 saturated heterocycles. The van der Waals surface area contributed by atoms with E-state index in [-0.39, 0.29) is 5.76 Å². The normalized spacial score (nSPS) is 9.77. The molecule has 0 atom stereocenters. The molecule has 1 rings (SSSR count). The molecule has 4 heteroatoms. The molecule has 0 fully saturated rings. The number of rotatable bonds is 2. The molecule has 0 aliphatic carbocycles. The van der Waals surface area contributed by atoms with Gasteiger partial charge in [0.1, 0.15) is 5.75 Å². The molecular weight excluding hydrogens is 172 g/mol. The summed E-state index contributed by atoms with van der Waals surface area (Å²) >= 11 is 0. The van der Waals surface area contributed by atoms with Crippen molar-refractivity contribution < 1.29 is 13.9 Å². The summed E-state index contributed by atoms with van der Waals surface area (Å²) < 4.78 is 9.71. The lowest BCUT2D eigenvalue weighted by Gasteiger charge is -2.07. The van der Waals surface area contributed by atoms with E-state index in [1.54, 1.807) is 13.8 Å². The van der Waals surface area contributed by atoms with Gasteiger partial charge in [-0.05, 0) is 13.8 Å². The molecule has 0 aromatic carbocycles. The van der Waals surface area contributed by atoms with Crippen LogP contribution in [0.25, 0.3) is 0 Å². The number of carbonyl (C=O) groups is 1. The second-order valence-electron chi connectivity index (χ2n) is 2.65. The molecule has 70 valence electrons. The summed E-state index contributed by atoms with van der Waals surface area (Å²) in [7, 11) is 1.45. The van der Waals surface area contributed by atoms with Crippen LogP contribution >= 0.6 is 0 Å². The Hall–Kier alpha value is -1.58. The summed E-state index contributed by atoms with van der Waals surface area (Å²) in [5, 5.41) is 0. The zero-order valence-corrected chi connectivity index (χ0v) is 7.71. The van der Waals surface area contributed by atoms with Crippen LogP contribution in [-0.4, -0.2) is 13.4 Å². The van der Waals surface area contributed by atoms with Crippen molar-refractivity contribution in [1.29, 1.82) is 0 Å². The predicted molar refractivity (Wildman–Crippen MR) is 46.4 cm³/mol. The first-order chi connectivity index (χ1) is 6.11. The topological polar surface area (TPSA) is 56.5 Å². The molecular formula is C9H10O4. The second-order valence-corrected chi connectivity index (χ2v) is 2.65. The van der Waals surface area contributed by atoms with Crippen LogP contribution in [0.15, 0.2) is 9.21 Å². The van der Waals surface area contributed by atoms with Crippen molar-refractivity contribution in [3.8, 4) is 5.75 Å². The first-order valence-corrected chi connectivity index (χ1v) is 3.75. The van der Waals surface area contributed by atoms with Gasteiger partial charge in [-0.25, -0.2) is 4.79 Å². The van der Waals surface area contributed by atoms with Gasteiger partial charge in [0.05, 0.1) is 12.7 Å². The van der Waals surface area contributed by atoms with Gasteiger partial charge in [-0.3, -0.25) is 4.79 Å². The lowest BCUT2D eigenvalue weighted by atomic mass is 10.1. The number of ether oxygens (including phenoxy) is 1. The van der Waals surface area contributed by atoms with E-state index in [4.69, 9.17) is 9.15 Å². The summed E-state index contributed by atoms with van der Waals surface area (Å²) in [4.78, 5) is 21.6. The Morgan fingerprint density at radius 2 is 1.92 bits per heavy atom. The van der Waals surface area contributed by atoms with Gasteiger partial charge in [-0.15, -0.1) is 0 Å². The van der Waals surface area contributed by atoms with E-state index in [2.05, 4.69) is 0 Å². The largest absolute Gasteiger partial charge is 0.496 e. The maximum absolute atomic E-state index is 11.1. The third-order valence-electron chi connectivity index (χ3n) is 1.87. The number of hydrogen-bond donors (Lipinski definition) is 0. The molecule has 0 amide bonds. The van der Waals surface area contributed by atoms with Gasteiger partial charge in [0.15, 0.2) is 12.0 Å². The fourth-order valence-electron chi connectivity index (χ4n) is 1.16. The minimum Gasteiger partial charge on any atom is -0.496 e. The molecule has 0 radical (unpaired) electrons. The molecule has 0 N–H and O–H groups in total. The van der Waals surface area contributed by atoms with Crippen LogP contribution in [-0.2, 0) is 0 Å². The van der Waals surface area contributed by atoms with E-state index >= 15 is 0 Å². The smallest absolute Gasteiger partial charge is 0.343 e. The monoisotopic (exact) mass is 182 g/mol. The molecule has 0 saturated carbocycles. The van der Waals surface area contributed by atoms with E-state index in [9.17, 15) is 9.59 Å². The fraction of sp³-hybridized carbons (Fsp3) is 0.333. The van der Waals surface area contributed by atoms with Crippen LogP contribution in [0.4, 0.5) is 0 Å². The zero-order chi connectivity index (χ0) is 10.0. The lowest BCUT2D eigenvalue weighted by Crippen LogP contribution is -2.09. The van der Waals surface area contributed by atoms with Gasteiger partial charge in [0.25, 0.3) is 0 Å². The fourth-order valence-corrected chi connectivity index (χ4v) is 1.16. The number of carbonyl (C=O) groups excluding carboxylic acids is 1. The highest BCUT2D eigenvalue weighted by Gasteiger charge is 2.13. The van der Waals surface area contributed by atoms with Crippen molar-refractivity contribution in [1.82, 2.24) is 0 Å². The summed E-state index contributed by atoms with van der Waals surface area (Å²) in [6.07, 6.45) is 0.499. The first-order valence-electron chi connectivity index (χ1n) is 3.75. The second kappa shape index (κ2) is 3.43. The van der Waals surface area contributed by atoms with Crippen molar-refractivity contribution >= 4 is 6.29 Å². The molecule has 0 unspecified atom stereocenters. The Morgan fingerprint density at radius 1 is 1.31 bits per heavy atom. The minimum atomic E-state index is -0.537. The number of methoxy groups -OCH3 is 1. The highest BCUT2D eigenvalue weighted by Crippen LogP contribution is 2.21. The van der Waals surface area contributed by atoms with E-state index in [1.165, 1.54) is 7.11 Å². The molecule has 4 nitrogen and oxygen atoms in total. The number of aldehydes is 1. The highest BCUT2D eigenvalue weighted by atomic mass is 16.5. The predicted octanol–water partition coefficient (Wildman–Crippen LogP) is 1.08. The molecule has 0 aliphatic heterocycles. The third kappa shape index (κ3) is 1.47. The van der Waals surface area contributed by atoms with Crippen LogP contribution in [0.1, 0.15) is 21.7 Å². The van der Waals surface area contributed by atoms with Gasteiger partial charge in [0.2, 0.25) is 0 Å². The van der Waals surface area contributed by atoms with Gasteiger partial charge < -0.3 is 9.15 Å². The van der Waals surface area contributed by atoms with Crippen molar-refractivity contribution in [3.63, 3.8) is 0 Å². The summed E-state index contributed by atoms with van der Waals surface area (Å²) in [6, 6.07) is 0. The summed E-state index contributed by atoms with van der Waals surface area (Å²) in [6.45, 7) is 3.25. The van der Waals surface area contributed by atoms with Crippen molar-refractivity contribution in [3.05, 3.63) is 27.3 Å². The standard InChI is InChI=1S/C9H10O4/c1-5-7(4-10)13-9(11)6(2)8(5)12-3/h4H,1-3H3. The quantitative estimate of drug-likeness (QED) is 0.642. The van der Waals surface area contributed by atoms with Crippen molar-refractivity contribution in [2.45, 2.75) is 13.8 Å². The van der Waals surface area contributed by atoms with E-state index < -0.39 is 5.63 Å². The average molecular weight is 182 g/mol. The lowest BCUT2D eigenvalue weighted by molar-refractivity contribution is 0.109. The average Bonchev–Trinajstić information content (AvgIpc) is 2.12. The van der Waals surface area contributed by atoms with E-state index in [0.717, 1.165) is 0 Å². The van der Waals surface area contributed by atoms with Crippen LogP contribution < -0.4 is 10.4 Å². The summed E-state index contributed by atoms with van der Waals surface area (Å²) in [5.41, 5.74) is 0.393. The van der Waals surface area contributed by atoms with Gasteiger partial charge in [-0.2, -0.15) is 0 Å². The first kappa shape index (κ1) is 9.51. The summed E-state index contributed by atoms with van der Waals surface area (Å²) in [5.74, 6) is 0.436. The van der Waals surface area contributed by atoms with Crippen LogP contribution in [0.5, 0.6) is 5.75 Å². The van der Waals surface area contributed by atoms with Gasteiger partial charge >= 0.3 is 5.63 Å². The van der Waals surface area contributed by atoms with Crippen molar-refractivity contribution in [2.75, 3.05) is 7.11 Å². The zero-order valence-electron chi connectivity index (χ0n) is 7.71. The Labute approximate surface area is 75.1 Å². The van der Waals surface area contributed by atoms with Crippen molar-refractivity contribution in [2.24, 2.45) is 0 Å². The van der Waals surface area contributed by atoms with Crippen LogP contribution in [0, 0.1) is 13.8 Å². The Morgan fingerprint density at radius 3 is 2.38 bits per heavy atom. The molecule has 1 heterocycles. The Kier molecular flexibility index (Phi) is 2.51. The van der Waals surface area contributed by atoms with E-state index in [1.807, 2.05) is 0 Å². The molecule has 1 aromatic rings. The van der Waals surface area contributed by atoms with E-state index in [0.29, 0.717) is 23.2 Å². The minimum absolute atomic E-state index is 0.0208. The van der Waals surface area contributed by atoms with Crippen LogP contribution in [0.3, 0.4) is 0 Å². The molecule has 13 heavy (non-hydrogen) atoms. The Balaban J connectivity index is 3.57. The maximum Gasteiger partial charge on any atom is 0.343 e. The Bertz CT molecular complexity index is 389. The molecule has 0 bridgehead atoms. The van der Waals surface area contributed by atoms with Gasteiger partial charge in [-0.1, -0.05) is 0 Å². The molecule has 1 aromatic heterocycles. The molecule has 0 aliphatic rings. The third-order valence-corrected chi connectivity index (χ3v) is 1.87. The van der Waals surface area contributed by atoms with Gasteiger partial charge in [0, 0.05) is 5.56 Å².